The number of hydrogen-bond acceptors (Lipinski definition) is 2. The lowest BCUT2D eigenvalue weighted by atomic mass is 10.4. The largest absolute Gasteiger partial charge is 0.308 e. The molecule has 104 valence electrons. The summed E-state index contributed by atoms with van der Waals surface area (Å²) in [6, 6.07) is 21.1. The van der Waals surface area contributed by atoms with E-state index in [0.29, 0.717) is 10.6 Å². The van der Waals surface area contributed by atoms with E-state index in [2.05, 4.69) is 4.98 Å². The molecule has 0 unspecified atom stereocenters. The number of aromatic nitrogens is 1. The lowest BCUT2D eigenvalue weighted by Gasteiger charge is -2.19. The highest BCUT2D eigenvalue weighted by Crippen LogP contribution is 2.42. The Hall–Kier alpha value is -2.25. The standard InChI is InChI=1S/C17H13FNOP/c18-17-16(12-7-13-19-17)21(20,14-8-3-1-4-9-14)15-10-5-2-6-11-15/h1-13H. The minimum absolute atomic E-state index is 0.141. The first-order valence-electron chi connectivity index (χ1n) is 6.55. The number of benzene rings is 2. The summed E-state index contributed by atoms with van der Waals surface area (Å²) in [6.45, 7) is 0. The first-order chi connectivity index (χ1) is 10.2. The molecule has 0 spiro atoms. The Balaban J connectivity index is 2.32. The highest BCUT2D eigenvalue weighted by Gasteiger charge is 2.32. The maximum Gasteiger partial charge on any atom is 0.224 e. The lowest BCUT2D eigenvalue weighted by Crippen LogP contribution is -2.27. The van der Waals surface area contributed by atoms with Gasteiger partial charge in [0.2, 0.25) is 5.95 Å². The number of rotatable bonds is 3. The Morgan fingerprint density at radius 2 is 1.29 bits per heavy atom. The van der Waals surface area contributed by atoms with Gasteiger partial charge in [0.05, 0.1) is 5.30 Å². The Labute approximate surface area is 122 Å². The van der Waals surface area contributed by atoms with Crippen LogP contribution in [0.1, 0.15) is 0 Å². The van der Waals surface area contributed by atoms with Gasteiger partial charge in [0.25, 0.3) is 0 Å². The van der Waals surface area contributed by atoms with Crippen LogP contribution in [0, 0.1) is 5.95 Å². The molecule has 0 saturated carbocycles. The molecule has 2 aromatic carbocycles. The molecule has 1 heterocycles. The van der Waals surface area contributed by atoms with Gasteiger partial charge >= 0.3 is 0 Å². The van der Waals surface area contributed by atoms with Crippen molar-refractivity contribution in [3.8, 4) is 0 Å². The molecular weight excluding hydrogens is 284 g/mol. The van der Waals surface area contributed by atoms with Gasteiger partial charge in [-0.1, -0.05) is 60.7 Å². The van der Waals surface area contributed by atoms with Gasteiger partial charge in [-0.15, -0.1) is 0 Å². The van der Waals surface area contributed by atoms with E-state index in [9.17, 15) is 8.96 Å². The van der Waals surface area contributed by atoms with Gasteiger partial charge in [-0.05, 0) is 12.1 Å². The fourth-order valence-electron chi connectivity index (χ4n) is 2.32. The van der Waals surface area contributed by atoms with Gasteiger partial charge < -0.3 is 4.57 Å². The van der Waals surface area contributed by atoms with Crippen LogP contribution in [0.15, 0.2) is 79.0 Å². The molecule has 0 atom stereocenters. The minimum Gasteiger partial charge on any atom is -0.308 e. The van der Waals surface area contributed by atoms with Gasteiger partial charge in [-0.25, -0.2) is 4.98 Å². The van der Waals surface area contributed by atoms with Crippen molar-refractivity contribution in [2.24, 2.45) is 0 Å². The van der Waals surface area contributed by atoms with E-state index >= 15 is 0 Å². The van der Waals surface area contributed by atoms with Crippen molar-refractivity contribution in [3.63, 3.8) is 0 Å². The second-order valence-electron chi connectivity index (χ2n) is 4.59. The summed E-state index contributed by atoms with van der Waals surface area (Å²) >= 11 is 0. The highest BCUT2D eigenvalue weighted by molar-refractivity contribution is 7.85. The van der Waals surface area contributed by atoms with E-state index in [4.69, 9.17) is 0 Å². The van der Waals surface area contributed by atoms with E-state index in [1.54, 1.807) is 60.7 Å². The first-order valence-corrected chi connectivity index (χ1v) is 8.26. The second kappa shape index (κ2) is 5.63. The van der Waals surface area contributed by atoms with E-state index in [1.165, 1.54) is 6.20 Å². The highest BCUT2D eigenvalue weighted by atomic mass is 31.2. The van der Waals surface area contributed by atoms with Crippen molar-refractivity contribution < 1.29 is 8.96 Å². The van der Waals surface area contributed by atoms with Crippen LogP contribution in [0.25, 0.3) is 0 Å². The van der Waals surface area contributed by atoms with Crippen LogP contribution in [0.3, 0.4) is 0 Å². The molecule has 3 rings (SSSR count). The second-order valence-corrected chi connectivity index (χ2v) is 7.33. The Kier molecular flexibility index (Phi) is 3.68. The van der Waals surface area contributed by atoms with Gasteiger partial charge in [-0.2, -0.15) is 4.39 Å². The van der Waals surface area contributed by atoms with Crippen LogP contribution < -0.4 is 15.9 Å². The number of halogens is 1. The van der Waals surface area contributed by atoms with Gasteiger partial charge in [-0.3, -0.25) is 0 Å². The van der Waals surface area contributed by atoms with Crippen molar-refractivity contribution in [1.82, 2.24) is 4.98 Å². The first kappa shape index (κ1) is 13.7. The third kappa shape index (κ3) is 2.41. The topological polar surface area (TPSA) is 30.0 Å². The van der Waals surface area contributed by atoms with Gasteiger partial charge in [0, 0.05) is 16.8 Å². The van der Waals surface area contributed by atoms with Crippen molar-refractivity contribution in [1.29, 1.82) is 0 Å². The van der Waals surface area contributed by atoms with Crippen LogP contribution in [0.2, 0.25) is 0 Å². The number of nitrogens with zero attached hydrogens (tertiary/aromatic N) is 1. The fraction of sp³-hybridized carbons (Fsp3) is 0. The maximum absolute atomic E-state index is 14.2. The summed E-state index contributed by atoms with van der Waals surface area (Å²) in [4.78, 5) is 3.66. The summed E-state index contributed by atoms with van der Waals surface area (Å²) in [5, 5.41) is 1.34. The van der Waals surface area contributed by atoms with Crippen molar-refractivity contribution in [2.75, 3.05) is 0 Å². The Morgan fingerprint density at radius 1 is 0.762 bits per heavy atom. The predicted molar refractivity (Wildman–Crippen MR) is 83.6 cm³/mol. The lowest BCUT2D eigenvalue weighted by molar-refractivity contribution is 0.578. The summed E-state index contributed by atoms with van der Waals surface area (Å²) in [5.74, 6) is -0.687. The van der Waals surface area contributed by atoms with Crippen LogP contribution >= 0.6 is 7.14 Å². The summed E-state index contributed by atoms with van der Waals surface area (Å²) < 4.78 is 27.9. The molecule has 3 aromatic rings. The molecule has 0 aliphatic carbocycles. The van der Waals surface area contributed by atoms with Crippen LogP contribution in [-0.2, 0) is 4.57 Å². The van der Waals surface area contributed by atoms with Crippen LogP contribution in [-0.4, -0.2) is 4.98 Å². The van der Waals surface area contributed by atoms with Crippen molar-refractivity contribution >= 4 is 23.1 Å². The minimum atomic E-state index is -3.25. The molecule has 21 heavy (non-hydrogen) atoms. The van der Waals surface area contributed by atoms with Crippen LogP contribution in [0.5, 0.6) is 0 Å². The number of hydrogen-bond donors (Lipinski definition) is 0. The molecule has 0 saturated heterocycles. The van der Waals surface area contributed by atoms with Gasteiger partial charge in [0.1, 0.15) is 0 Å². The van der Waals surface area contributed by atoms with E-state index in [-0.39, 0.29) is 5.30 Å². The van der Waals surface area contributed by atoms with E-state index in [0.717, 1.165) is 0 Å². The Bertz CT molecular complexity index is 747. The number of pyridine rings is 1. The molecule has 1 aromatic heterocycles. The normalized spacial score (nSPS) is 11.3. The predicted octanol–water partition coefficient (Wildman–Crippen LogP) is 2.86. The SMILES string of the molecule is O=P(c1ccccc1)(c1ccccc1)c1cccnc1F. The zero-order valence-corrected chi connectivity index (χ0v) is 12.1. The molecule has 0 radical (unpaired) electrons. The van der Waals surface area contributed by atoms with Crippen LogP contribution in [0.4, 0.5) is 4.39 Å². The molecule has 0 bridgehead atoms. The zero-order chi connectivity index (χ0) is 14.7. The Morgan fingerprint density at radius 3 is 1.76 bits per heavy atom. The maximum atomic E-state index is 14.2. The summed E-state index contributed by atoms with van der Waals surface area (Å²) in [7, 11) is -3.25. The zero-order valence-electron chi connectivity index (χ0n) is 11.2. The van der Waals surface area contributed by atoms with E-state index in [1.807, 2.05) is 12.1 Å². The third-order valence-electron chi connectivity index (χ3n) is 3.32. The molecule has 2 nitrogen and oxygen atoms in total. The molecular formula is C17H13FNOP. The quantitative estimate of drug-likeness (QED) is 0.549. The molecule has 0 aliphatic rings. The van der Waals surface area contributed by atoms with Gasteiger partial charge in [0.15, 0.2) is 7.14 Å². The smallest absolute Gasteiger partial charge is 0.224 e. The molecule has 0 fully saturated rings. The van der Waals surface area contributed by atoms with Crippen molar-refractivity contribution in [2.45, 2.75) is 0 Å². The third-order valence-corrected chi connectivity index (χ3v) is 6.38. The molecule has 0 N–H and O–H groups in total. The summed E-state index contributed by atoms with van der Waals surface area (Å²) in [5.41, 5.74) is 0. The fourth-order valence-corrected chi connectivity index (χ4v) is 4.97. The molecule has 4 heteroatoms. The average molecular weight is 297 g/mol. The molecule has 0 amide bonds. The van der Waals surface area contributed by atoms with Crippen molar-refractivity contribution in [3.05, 3.63) is 84.9 Å². The average Bonchev–Trinajstić information content (AvgIpc) is 2.56. The molecule has 0 aliphatic heterocycles. The summed E-state index contributed by atoms with van der Waals surface area (Å²) in [6.07, 6.45) is 1.36. The van der Waals surface area contributed by atoms with E-state index < -0.39 is 13.1 Å². The monoisotopic (exact) mass is 297 g/mol.